The van der Waals surface area contributed by atoms with E-state index in [2.05, 4.69) is 20.3 Å². The van der Waals surface area contributed by atoms with E-state index in [0.717, 1.165) is 41.3 Å². The molecule has 1 amide bonds. The van der Waals surface area contributed by atoms with Crippen molar-refractivity contribution in [3.05, 3.63) is 71.8 Å². The summed E-state index contributed by atoms with van der Waals surface area (Å²) in [5.74, 6) is 0.654. The smallest absolute Gasteiger partial charge is 0.227 e. The van der Waals surface area contributed by atoms with Gasteiger partial charge < -0.3 is 14.8 Å². The third-order valence-electron chi connectivity index (χ3n) is 5.48. The molecule has 0 spiro atoms. The van der Waals surface area contributed by atoms with Crippen LogP contribution in [0, 0.1) is 0 Å². The second-order valence-corrected chi connectivity index (χ2v) is 8.86. The number of benzene rings is 1. The number of aryl methyl sites for hydroxylation is 2. The van der Waals surface area contributed by atoms with Gasteiger partial charge in [0.25, 0.3) is 0 Å². The van der Waals surface area contributed by atoms with Crippen molar-refractivity contribution >= 4 is 34.5 Å². The molecule has 2 aromatic heterocycles. The summed E-state index contributed by atoms with van der Waals surface area (Å²) in [6.07, 6.45) is 6.22. The third kappa shape index (κ3) is 5.98. The average molecular weight is 466 g/mol. The number of nitrogens with one attached hydrogen (secondary N) is 1. The van der Waals surface area contributed by atoms with Crippen LogP contribution in [0.3, 0.4) is 0 Å². The Bertz CT molecular complexity index is 1140. The van der Waals surface area contributed by atoms with E-state index in [-0.39, 0.29) is 12.5 Å². The van der Waals surface area contributed by atoms with Crippen molar-refractivity contribution in [3.8, 4) is 0 Å². The normalized spacial score (nSPS) is 14.6. The highest BCUT2D eigenvalue weighted by atomic mass is 32.2. The predicted octanol–water partition coefficient (Wildman–Crippen LogP) is 2.75. The molecule has 1 unspecified atom stereocenters. The number of nitrogens with zero attached hydrogens (tertiary/aromatic N) is 5. The number of carbonyl (C=O) groups is 1. The van der Waals surface area contributed by atoms with Crippen LogP contribution in [0.1, 0.15) is 29.8 Å². The number of carbonyl (C=O) groups excluding carboxylic acids is 1. The number of hydrogen-bond acceptors (Lipinski definition) is 7. The minimum atomic E-state index is -2.29. The zero-order valence-electron chi connectivity index (χ0n) is 18.3. The van der Waals surface area contributed by atoms with Crippen molar-refractivity contribution in [3.63, 3.8) is 0 Å². The maximum Gasteiger partial charge on any atom is 0.227 e. The van der Waals surface area contributed by atoms with Crippen LogP contribution in [-0.2, 0) is 35.4 Å². The molecule has 1 fully saturated rings. The quantitative estimate of drug-likeness (QED) is 0.483. The lowest BCUT2D eigenvalue weighted by Gasteiger charge is -2.19. The van der Waals surface area contributed by atoms with Gasteiger partial charge in [-0.1, -0.05) is 6.07 Å². The lowest BCUT2D eigenvalue weighted by atomic mass is 10.1. The van der Waals surface area contributed by atoms with Gasteiger partial charge in [0, 0.05) is 53.7 Å². The summed E-state index contributed by atoms with van der Waals surface area (Å²) < 4.78 is 23.5. The topological polar surface area (TPSA) is 114 Å². The van der Waals surface area contributed by atoms with E-state index in [1.54, 1.807) is 17.3 Å². The summed E-state index contributed by atoms with van der Waals surface area (Å²) in [5.41, 5.74) is 4.31. The molecule has 4 rings (SSSR count). The molecule has 0 saturated carbocycles. The van der Waals surface area contributed by atoms with Gasteiger partial charge in [-0.2, -0.15) is 0 Å². The van der Waals surface area contributed by atoms with Crippen molar-refractivity contribution in [2.45, 2.75) is 32.2 Å². The molecule has 1 atom stereocenters. The first-order valence-corrected chi connectivity index (χ1v) is 11.8. The van der Waals surface area contributed by atoms with E-state index in [1.165, 1.54) is 11.4 Å². The molecule has 3 aromatic rings. The van der Waals surface area contributed by atoms with E-state index >= 15 is 0 Å². The zero-order chi connectivity index (χ0) is 23.2. The monoisotopic (exact) mass is 465 g/mol. The molecule has 172 valence electrons. The fraction of sp³-hybridized carbons (Fsp3) is 0.304. The minimum absolute atomic E-state index is 0.163. The predicted molar refractivity (Wildman–Crippen MR) is 125 cm³/mol. The molecule has 1 saturated heterocycles. The highest BCUT2D eigenvalue weighted by molar-refractivity contribution is 7.76. The van der Waals surface area contributed by atoms with Crippen LogP contribution in [0.5, 0.6) is 0 Å². The van der Waals surface area contributed by atoms with Crippen molar-refractivity contribution in [1.29, 1.82) is 0 Å². The molecule has 9 nitrogen and oxygen atoms in total. The molecule has 1 aromatic carbocycles. The maximum atomic E-state index is 11.9. The second-order valence-electron chi connectivity index (χ2n) is 7.80. The molecule has 1 aliphatic heterocycles. The molecule has 0 bridgehead atoms. The van der Waals surface area contributed by atoms with Gasteiger partial charge in [-0.05, 0) is 68.3 Å². The fourth-order valence-electron chi connectivity index (χ4n) is 3.74. The number of aromatic nitrogens is 3. The minimum Gasteiger partial charge on any atom is -0.760 e. The highest BCUT2D eigenvalue weighted by Gasteiger charge is 2.21. The fourth-order valence-corrected chi connectivity index (χ4v) is 3.97. The Hall–Kier alpha value is -3.21. The molecular formula is C23H25N6O3S-. The van der Waals surface area contributed by atoms with Crippen LogP contribution < -0.4 is 10.2 Å². The van der Waals surface area contributed by atoms with E-state index in [4.69, 9.17) is 0 Å². The van der Waals surface area contributed by atoms with Gasteiger partial charge in [0.1, 0.15) is 0 Å². The molecule has 33 heavy (non-hydrogen) atoms. The van der Waals surface area contributed by atoms with Gasteiger partial charge in [0.2, 0.25) is 11.9 Å². The summed E-state index contributed by atoms with van der Waals surface area (Å²) in [6, 6.07) is 13.3. The summed E-state index contributed by atoms with van der Waals surface area (Å²) in [4.78, 5) is 27.0. The Kier molecular flexibility index (Phi) is 7.38. The van der Waals surface area contributed by atoms with Gasteiger partial charge >= 0.3 is 0 Å². The van der Waals surface area contributed by atoms with Crippen LogP contribution in [0.2, 0.25) is 0 Å². The van der Waals surface area contributed by atoms with Crippen molar-refractivity contribution in [2.75, 3.05) is 23.8 Å². The van der Waals surface area contributed by atoms with Crippen LogP contribution in [0.25, 0.3) is 0 Å². The van der Waals surface area contributed by atoms with E-state index in [9.17, 15) is 13.6 Å². The number of pyridine rings is 1. The summed E-state index contributed by atoms with van der Waals surface area (Å²) in [5, 5.41) is 3.21. The summed E-state index contributed by atoms with van der Waals surface area (Å²) in [7, 11) is 1.51. The van der Waals surface area contributed by atoms with Gasteiger partial charge in [0.15, 0.2) is 0 Å². The Morgan fingerprint density at radius 1 is 1.12 bits per heavy atom. The average Bonchev–Trinajstić information content (AvgIpc) is 3.25. The summed E-state index contributed by atoms with van der Waals surface area (Å²) in [6.45, 7) is 0.988. The molecule has 0 radical (unpaired) electrons. The van der Waals surface area contributed by atoms with Crippen LogP contribution in [0.15, 0.2) is 54.9 Å². The third-order valence-corrected chi connectivity index (χ3v) is 6.12. The Morgan fingerprint density at radius 2 is 1.94 bits per heavy atom. The molecule has 1 aliphatic rings. The summed E-state index contributed by atoms with van der Waals surface area (Å²) >= 11 is -2.29. The van der Waals surface area contributed by atoms with Crippen LogP contribution in [-0.4, -0.2) is 47.5 Å². The Labute approximate surface area is 195 Å². The maximum absolute atomic E-state index is 11.9. The van der Waals surface area contributed by atoms with Gasteiger partial charge in [-0.15, -0.1) is 0 Å². The molecule has 10 heteroatoms. The Morgan fingerprint density at radius 3 is 2.67 bits per heavy atom. The van der Waals surface area contributed by atoms with Crippen molar-refractivity contribution in [2.24, 2.45) is 0 Å². The van der Waals surface area contributed by atoms with E-state index in [0.29, 0.717) is 25.2 Å². The number of anilines is 3. The number of hydrogen-bond donors (Lipinski definition) is 1. The van der Waals surface area contributed by atoms with Crippen molar-refractivity contribution in [1.82, 2.24) is 19.3 Å². The van der Waals surface area contributed by atoms with Gasteiger partial charge in [-0.25, -0.2) is 14.3 Å². The second kappa shape index (κ2) is 10.6. The van der Waals surface area contributed by atoms with Crippen LogP contribution >= 0.6 is 0 Å². The molecule has 3 heterocycles. The molecule has 0 aliphatic carbocycles. The first kappa shape index (κ1) is 23.0. The van der Waals surface area contributed by atoms with E-state index in [1.807, 2.05) is 42.5 Å². The first-order valence-electron chi connectivity index (χ1n) is 10.7. The standard InChI is InChI=1S/C23H26N6O3S/c1-28(33(31)32)16-21-17(4-2-13-24-21)6-7-19-12-14-25-23(27-19)26-18-8-10-20(11-9-18)29-15-3-5-22(29)30/h2,4,8-14H,3,5-7,15-16H2,1H3,(H,31,32)(H,25,26,27)/p-1. The zero-order valence-corrected chi connectivity index (χ0v) is 19.1. The lowest BCUT2D eigenvalue weighted by Crippen LogP contribution is -2.23. The lowest BCUT2D eigenvalue weighted by molar-refractivity contribution is -0.117. The SMILES string of the molecule is CN(Cc1ncccc1CCc1ccnc(Nc2ccc(N3CCCC3=O)cc2)n1)S(=O)[O-]. The van der Waals surface area contributed by atoms with Gasteiger partial charge in [-0.3, -0.25) is 14.0 Å². The largest absolute Gasteiger partial charge is 0.760 e. The number of rotatable bonds is 9. The van der Waals surface area contributed by atoms with E-state index < -0.39 is 11.3 Å². The molecular weight excluding hydrogens is 440 g/mol. The van der Waals surface area contributed by atoms with Gasteiger partial charge in [0.05, 0.1) is 12.2 Å². The highest BCUT2D eigenvalue weighted by Crippen LogP contribution is 2.24. The first-order chi connectivity index (χ1) is 16.0. The molecule has 1 N–H and O–H groups in total. The van der Waals surface area contributed by atoms with Crippen LogP contribution in [0.4, 0.5) is 17.3 Å². The number of amides is 1. The Balaban J connectivity index is 1.39. The van der Waals surface area contributed by atoms with Crippen molar-refractivity contribution < 1.29 is 13.6 Å².